The van der Waals surface area contributed by atoms with Crippen molar-refractivity contribution in [2.24, 2.45) is 5.92 Å². The summed E-state index contributed by atoms with van der Waals surface area (Å²) < 4.78 is 1.70. The average molecular weight is 432 g/mol. The highest BCUT2D eigenvalue weighted by atomic mass is 35.5. The highest BCUT2D eigenvalue weighted by Gasteiger charge is 2.42. The number of unbranched alkanes of at least 4 members (excludes halogenated alkanes) is 1. The summed E-state index contributed by atoms with van der Waals surface area (Å²) in [7, 11) is 0. The lowest BCUT2D eigenvalue weighted by molar-refractivity contribution is -0.00370. The molecule has 160 valence electrons. The van der Waals surface area contributed by atoms with E-state index in [0.29, 0.717) is 23.5 Å². The molecule has 2 heterocycles. The van der Waals surface area contributed by atoms with Gasteiger partial charge in [-0.25, -0.2) is 4.98 Å². The van der Waals surface area contributed by atoms with Crippen molar-refractivity contribution in [3.63, 3.8) is 0 Å². The number of nitrogens with one attached hydrogen (secondary N) is 1. The fourth-order valence-corrected chi connectivity index (χ4v) is 4.21. The van der Waals surface area contributed by atoms with Crippen LogP contribution in [0, 0.1) is 5.92 Å². The molecule has 30 heavy (non-hydrogen) atoms. The molecular formula is C21H26ClN5O3. The highest BCUT2D eigenvalue weighted by molar-refractivity contribution is 6.33. The summed E-state index contributed by atoms with van der Waals surface area (Å²) >= 11 is 6.33. The number of nitrogens with zero attached hydrogens (tertiary/aromatic N) is 4. The molecule has 1 aromatic carbocycles. The van der Waals surface area contributed by atoms with E-state index in [2.05, 4.69) is 39.3 Å². The number of aryl methyl sites for hydroxylation is 1. The Balaban J connectivity index is 1.61. The third-order valence-electron chi connectivity index (χ3n) is 5.77. The van der Waals surface area contributed by atoms with Crippen LogP contribution in [-0.4, -0.2) is 53.7 Å². The molecule has 1 saturated carbocycles. The van der Waals surface area contributed by atoms with Crippen molar-refractivity contribution in [2.45, 2.75) is 50.9 Å². The Morgan fingerprint density at radius 2 is 1.93 bits per heavy atom. The molecular weight excluding hydrogens is 406 g/mol. The van der Waals surface area contributed by atoms with Crippen LogP contribution in [0.25, 0.3) is 11.2 Å². The molecule has 4 N–H and O–H groups in total. The zero-order chi connectivity index (χ0) is 21.3. The number of aliphatic hydroxyl groups excluding tert-OH is 3. The summed E-state index contributed by atoms with van der Waals surface area (Å²) in [4.78, 5) is 13.1. The van der Waals surface area contributed by atoms with Crippen LogP contribution in [0.1, 0.15) is 37.8 Å². The normalized spacial score (nSPS) is 23.9. The Morgan fingerprint density at radius 3 is 2.60 bits per heavy atom. The van der Waals surface area contributed by atoms with Crippen molar-refractivity contribution in [1.29, 1.82) is 0 Å². The second-order valence-corrected chi connectivity index (χ2v) is 8.17. The van der Waals surface area contributed by atoms with Crippen molar-refractivity contribution >= 4 is 34.4 Å². The van der Waals surface area contributed by atoms with Gasteiger partial charge in [-0.05, 0) is 37.0 Å². The van der Waals surface area contributed by atoms with Crippen LogP contribution in [0.15, 0.2) is 30.6 Å². The Hall–Kier alpha value is -2.26. The standard InChI is InChI=1S/C21H26ClN5O3/c1-2-3-4-12-5-7-14(8-6-12)24-21-25-19(22)16-20(26-21)27(11-23-16)15-9-13(10-28)17(29)18(15)30/h5-8,11,13,15,17-18,28-30H,2-4,9-10H2,1H3,(H,24,25,26)/t13-,15-,17-,18-/m1/s1. The van der Waals surface area contributed by atoms with Crippen molar-refractivity contribution in [3.8, 4) is 0 Å². The molecule has 0 spiro atoms. The zero-order valence-electron chi connectivity index (χ0n) is 16.7. The lowest BCUT2D eigenvalue weighted by Crippen LogP contribution is -2.30. The summed E-state index contributed by atoms with van der Waals surface area (Å²) in [6.45, 7) is 1.98. The number of aromatic nitrogens is 4. The first kappa shape index (κ1) is 21.0. The van der Waals surface area contributed by atoms with Gasteiger partial charge in [-0.3, -0.25) is 0 Å². The minimum atomic E-state index is -1.03. The summed E-state index contributed by atoms with van der Waals surface area (Å²) in [5.41, 5.74) is 3.01. The zero-order valence-corrected chi connectivity index (χ0v) is 17.5. The first-order valence-corrected chi connectivity index (χ1v) is 10.6. The third kappa shape index (κ3) is 4.00. The number of benzene rings is 1. The van der Waals surface area contributed by atoms with Gasteiger partial charge in [0, 0.05) is 18.2 Å². The van der Waals surface area contributed by atoms with Gasteiger partial charge in [-0.15, -0.1) is 0 Å². The predicted molar refractivity (Wildman–Crippen MR) is 115 cm³/mol. The van der Waals surface area contributed by atoms with E-state index in [9.17, 15) is 15.3 Å². The smallest absolute Gasteiger partial charge is 0.230 e. The van der Waals surface area contributed by atoms with Crippen LogP contribution in [0.4, 0.5) is 11.6 Å². The largest absolute Gasteiger partial charge is 0.396 e. The Bertz CT molecular complexity index is 1010. The molecule has 1 aliphatic carbocycles. The third-order valence-corrected chi connectivity index (χ3v) is 6.03. The molecule has 4 rings (SSSR count). The quantitative estimate of drug-likeness (QED) is 0.425. The van der Waals surface area contributed by atoms with E-state index < -0.39 is 24.2 Å². The maximum absolute atomic E-state index is 10.4. The van der Waals surface area contributed by atoms with E-state index in [0.717, 1.165) is 24.9 Å². The Labute approximate surface area is 179 Å². The maximum atomic E-state index is 10.4. The van der Waals surface area contributed by atoms with Crippen LogP contribution in [-0.2, 0) is 6.42 Å². The molecule has 1 fully saturated rings. The summed E-state index contributed by atoms with van der Waals surface area (Å²) in [6, 6.07) is 7.65. The topological polar surface area (TPSA) is 116 Å². The van der Waals surface area contributed by atoms with E-state index in [1.54, 1.807) is 4.57 Å². The fraction of sp³-hybridized carbons (Fsp3) is 0.476. The van der Waals surface area contributed by atoms with Crippen LogP contribution in [0.3, 0.4) is 0 Å². The lowest BCUT2D eigenvalue weighted by atomic mass is 10.1. The minimum absolute atomic E-state index is 0.196. The van der Waals surface area contributed by atoms with Gasteiger partial charge in [0.05, 0.1) is 18.5 Å². The van der Waals surface area contributed by atoms with Gasteiger partial charge in [0.25, 0.3) is 0 Å². The monoisotopic (exact) mass is 431 g/mol. The summed E-state index contributed by atoms with van der Waals surface area (Å²) in [5.74, 6) is -0.0779. The molecule has 0 bridgehead atoms. The van der Waals surface area contributed by atoms with Crippen molar-refractivity contribution in [2.75, 3.05) is 11.9 Å². The van der Waals surface area contributed by atoms with E-state index in [1.807, 2.05) is 12.1 Å². The number of imidazole rings is 1. The molecule has 0 saturated heterocycles. The van der Waals surface area contributed by atoms with Crippen LogP contribution in [0.5, 0.6) is 0 Å². The number of fused-ring (bicyclic) bond motifs is 1. The van der Waals surface area contributed by atoms with E-state index in [4.69, 9.17) is 11.6 Å². The van der Waals surface area contributed by atoms with Crippen LogP contribution < -0.4 is 5.32 Å². The Morgan fingerprint density at radius 1 is 1.17 bits per heavy atom. The van der Waals surface area contributed by atoms with Crippen LogP contribution >= 0.6 is 11.6 Å². The second-order valence-electron chi connectivity index (χ2n) is 7.81. The SMILES string of the molecule is CCCCc1ccc(Nc2nc(Cl)c3ncn([C@@H]4C[C@H](CO)[C@@H](O)[C@@H]4O)c3n2)cc1. The number of rotatable bonds is 7. The number of anilines is 2. The molecule has 9 heteroatoms. The van der Waals surface area contributed by atoms with E-state index >= 15 is 0 Å². The Kier molecular flexibility index (Phi) is 6.19. The van der Waals surface area contributed by atoms with Gasteiger partial charge >= 0.3 is 0 Å². The van der Waals surface area contributed by atoms with Gasteiger partial charge in [0.1, 0.15) is 11.6 Å². The molecule has 2 aromatic heterocycles. The molecule has 0 radical (unpaired) electrons. The second kappa shape index (κ2) is 8.85. The summed E-state index contributed by atoms with van der Waals surface area (Å²) in [6.07, 6.45) is 3.29. The minimum Gasteiger partial charge on any atom is -0.396 e. The molecule has 3 aromatic rings. The average Bonchev–Trinajstić information content (AvgIpc) is 3.29. The van der Waals surface area contributed by atoms with E-state index in [1.165, 1.54) is 11.9 Å². The van der Waals surface area contributed by atoms with Crippen molar-refractivity contribution < 1.29 is 15.3 Å². The van der Waals surface area contributed by atoms with Gasteiger partial charge in [0.2, 0.25) is 5.95 Å². The number of hydrogen-bond acceptors (Lipinski definition) is 7. The maximum Gasteiger partial charge on any atom is 0.230 e. The van der Waals surface area contributed by atoms with Gasteiger partial charge < -0.3 is 25.2 Å². The molecule has 0 unspecified atom stereocenters. The predicted octanol–water partition coefficient (Wildman–Crippen LogP) is 2.84. The fourth-order valence-electron chi connectivity index (χ4n) is 4.00. The van der Waals surface area contributed by atoms with Crippen molar-refractivity contribution in [3.05, 3.63) is 41.3 Å². The van der Waals surface area contributed by atoms with E-state index in [-0.39, 0.29) is 11.8 Å². The first-order chi connectivity index (χ1) is 14.5. The number of halogens is 1. The van der Waals surface area contributed by atoms with Gasteiger partial charge in [-0.2, -0.15) is 9.97 Å². The van der Waals surface area contributed by atoms with Gasteiger partial charge in [0.15, 0.2) is 10.8 Å². The molecule has 0 amide bonds. The van der Waals surface area contributed by atoms with Gasteiger partial charge in [-0.1, -0.05) is 37.1 Å². The van der Waals surface area contributed by atoms with Crippen molar-refractivity contribution in [1.82, 2.24) is 19.5 Å². The molecule has 0 aliphatic heterocycles. The molecule has 1 aliphatic rings. The number of hydrogen-bond donors (Lipinski definition) is 4. The summed E-state index contributed by atoms with van der Waals surface area (Å²) in [5, 5.41) is 33.4. The lowest BCUT2D eigenvalue weighted by Gasteiger charge is -2.18. The first-order valence-electron chi connectivity index (χ1n) is 10.2. The van der Waals surface area contributed by atoms with Crippen LogP contribution in [0.2, 0.25) is 5.15 Å². The highest BCUT2D eigenvalue weighted by Crippen LogP contribution is 2.37. The number of aliphatic hydroxyl groups is 3. The molecule has 4 atom stereocenters. The molecule has 8 nitrogen and oxygen atoms in total.